The Balaban J connectivity index is 1.85. The van der Waals surface area contributed by atoms with Gasteiger partial charge in [0, 0.05) is 22.7 Å². The van der Waals surface area contributed by atoms with Crippen LogP contribution in [0.3, 0.4) is 0 Å². The Morgan fingerprint density at radius 1 is 0.929 bits per heavy atom. The third kappa shape index (κ3) is 3.32. The fourth-order valence-corrected chi connectivity index (χ4v) is 2.95. The molecule has 2 aromatic heterocycles. The van der Waals surface area contributed by atoms with E-state index in [2.05, 4.69) is 19.7 Å². The standard InChI is InChI=1S/C20H13F3N4O/c21-15-5-3-12(9-17(15)28-20(22)23)18-13(2-1-7-25-18)11-4-6-16-14(8-11)19(24)27-10-26-16/h1-10,20H,(H2,24,26,27). The van der Waals surface area contributed by atoms with Crippen molar-refractivity contribution in [2.45, 2.75) is 6.61 Å². The molecule has 0 spiro atoms. The van der Waals surface area contributed by atoms with Crippen LogP contribution in [0, 0.1) is 5.82 Å². The summed E-state index contributed by atoms with van der Waals surface area (Å²) in [5.41, 5.74) is 9.03. The molecule has 0 amide bonds. The normalized spacial score (nSPS) is 11.1. The Labute approximate surface area is 157 Å². The van der Waals surface area contributed by atoms with Crippen LogP contribution in [0.1, 0.15) is 0 Å². The van der Waals surface area contributed by atoms with Gasteiger partial charge in [0.2, 0.25) is 0 Å². The van der Waals surface area contributed by atoms with E-state index >= 15 is 0 Å². The number of anilines is 1. The first-order valence-corrected chi connectivity index (χ1v) is 8.23. The van der Waals surface area contributed by atoms with E-state index in [4.69, 9.17) is 5.73 Å². The molecule has 0 saturated heterocycles. The van der Waals surface area contributed by atoms with Gasteiger partial charge in [0.15, 0.2) is 11.6 Å². The van der Waals surface area contributed by atoms with Gasteiger partial charge in [-0.1, -0.05) is 12.1 Å². The fourth-order valence-electron chi connectivity index (χ4n) is 2.95. The summed E-state index contributed by atoms with van der Waals surface area (Å²) in [4.78, 5) is 12.5. The number of nitrogen functional groups attached to an aromatic ring is 1. The maximum Gasteiger partial charge on any atom is 0.387 e. The number of benzene rings is 2. The van der Waals surface area contributed by atoms with E-state index in [9.17, 15) is 13.2 Å². The van der Waals surface area contributed by atoms with Gasteiger partial charge in [-0.3, -0.25) is 4.98 Å². The lowest BCUT2D eigenvalue weighted by Gasteiger charge is -2.12. The third-order valence-corrected chi connectivity index (χ3v) is 4.21. The number of alkyl halides is 2. The summed E-state index contributed by atoms with van der Waals surface area (Å²) in [5, 5.41) is 0.677. The molecule has 140 valence electrons. The molecule has 4 rings (SSSR count). The SMILES string of the molecule is Nc1ncnc2ccc(-c3cccnc3-c3ccc(F)c(OC(F)F)c3)cc12. The molecule has 28 heavy (non-hydrogen) atoms. The average molecular weight is 382 g/mol. The van der Waals surface area contributed by atoms with Crippen molar-refractivity contribution in [3.63, 3.8) is 0 Å². The lowest BCUT2D eigenvalue weighted by molar-refractivity contribution is -0.0521. The third-order valence-electron chi connectivity index (χ3n) is 4.21. The van der Waals surface area contributed by atoms with Crippen LogP contribution in [0.2, 0.25) is 0 Å². The maximum absolute atomic E-state index is 13.8. The van der Waals surface area contributed by atoms with E-state index in [-0.39, 0.29) is 0 Å². The average Bonchev–Trinajstić information content (AvgIpc) is 2.69. The fraction of sp³-hybridized carbons (Fsp3) is 0.0500. The van der Waals surface area contributed by atoms with Crippen molar-refractivity contribution in [1.82, 2.24) is 15.0 Å². The summed E-state index contributed by atoms with van der Waals surface area (Å²) in [6.45, 7) is -3.13. The Morgan fingerprint density at radius 2 is 1.75 bits per heavy atom. The molecule has 5 nitrogen and oxygen atoms in total. The van der Waals surface area contributed by atoms with Crippen molar-refractivity contribution in [2.24, 2.45) is 0 Å². The summed E-state index contributed by atoms with van der Waals surface area (Å²) >= 11 is 0. The van der Waals surface area contributed by atoms with Crippen molar-refractivity contribution in [2.75, 3.05) is 5.73 Å². The summed E-state index contributed by atoms with van der Waals surface area (Å²) in [5.74, 6) is -1.08. The van der Waals surface area contributed by atoms with Gasteiger partial charge in [0.25, 0.3) is 0 Å². The van der Waals surface area contributed by atoms with Crippen LogP contribution in [0.5, 0.6) is 5.75 Å². The molecule has 0 unspecified atom stereocenters. The molecule has 0 bridgehead atoms. The molecule has 0 aliphatic rings. The van der Waals surface area contributed by atoms with Gasteiger partial charge in [-0.05, 0) is 42.0 Å². The molecular weight excluding hydrogens is 369 g/mol. The van der Waals surface area contributed by atoms with Gasteiger partial charge < -0.3 is 10.5 Å². The van der Waals surface area contributed by atoms with Crippen LogP contribution in [0.4, 0.5) is 19.0 Å². The summed E-state index contributed by atoms with van der Waals surface area (Å²) in [7, 11) is 0. The van der Waals surface area contributed by atoms with Gasteiger partial charge in [-0.25, -0.2) is 14.4 Å². The van der Waals surface area contributed by atoms with Crippen molar-refractivity contribution < 1.29 is 17.9 Å². The number of hydrogen-bond donors (Lipinski definition) is 1. The monoisotopic (exact) mass is 382 g/mol. The number of halogens is 3. The molecule has 0 saturated carbocycles. The van der Waals surface area contributed by atoms with Crippen LogP contribution >= 0.6 is 0 Å². The molecule has 0 atom stereocenters. The molecule has 0 fully saturated rings. The van der Waals surface area contributed by atoms with Crippen LogP contribution in [0.25, 0.3) is 33.3 Å². The van der Waals surface area contributed by atoms with E-state index in [1.54, 1.807) is 18.3 Å². The summed E-state index contributed by atoms with van der Waals surface area (Å²) in [6.07, 6.45) is 2.95. The predicted octanol–water partition coefficient (Wildman–Crippen LogP) is 4.68. The van der Waals surface area contributed by atoms with Crippen molar-refractivity contribution in [1.29, 1.82) is 0 Å². The minimum absolute atomic E-state index is 0.340. The Bertz CT molecular complexity index is 1170. The number of pyridine rings is 1. The molecule has 0 aliphatic carbocycles. The minimum atomic E-state index is -3.13. The quantitative estimate of drug-likeness (QED) is 0.555. The van der Waals surface area contributed by atoms with E-state index in [0.29, 0.717) is 33.5 Å². The number of fused-ring (bicyclic) bond motifs is 1. The number of aromatic nitrogens is 3. The second kappa shape index (κ2) is 7.15. The topological polar surface area (TPSA) is 73.9 Å². The lowest BCUT2D eigenvalue weighted by atomic mass is 9.98. The number of nitrogens with zero attached hydrogens (tertiary/aromatic N) is 3. The van der Waals surface area contributed by atoms with E-state index in [1.807, 2.05) is 18.2 Å². The predicted molar refractivity (Wildman–Crippen MR) is 99.2 cm³/mol. The molecule has 2 aromatic carbocycles. The van der Waals surface area contributed by atoms with Crippen molar-refractivity contribution in [3.05, 3.63) is 66.9 Å². The molecule has 0 radical (unpaired) electrons. The number of ether oxygens (including phenoxy) is 1. The Morgan fingerprint density at radius 3 is 2.57 bits per heavy atom. The van der Waals surface area contributed by atoms with Gasteiger partial charge >= 0.3 is 6.61 Å². The van der Waals surface area contributed by atoms with Gasteiger partial charge in [0.05, 0.1) is 11.2 Å². The van der Waals surface area contributed by atoms with Crippen LogP contribution in [-0.4, -0.2) is 21.6 Å². The lowest BCUT2D eigenvalue weighted by Crippen LogP contribution is -2.04. The highest BCUT2D eigenvalue weighted by Gasteiger charge is 2.15. The Kier molecular flexibility index (Phi) is 4.52. The van der Waals surface area contributed by atoms with E-state index in [1.165, 1.54) is 18.5 Å². The molecule has 2 heterocycles. The number of nitrogens with two attached hydrogens (primary N) is 1. The smallest absolute Gasteiger partial charge is 0.387 e. The van der Waals surface area contributed by atoms with Crippen LogP contribution < -0.4 is 10.5 Å². The molecule has 4 aromatic rings. The zero-order chi connectivity index (χ0) is 19.7. The van der Waals surface area contributed by atoms with Gasteiger partial charge in [-0.15, -0.1) is 0 Å². The largest absolute Gasteiger partial charge is 0.432 e. The maximum atomic E-state index is 13.8. The molecule has 2 N–H and O–H groups in total. The van der Waals surface area contributed by atoms with Gasteiger partial charge in [-0.2, -0.15) is 8.78 Å². The van der Waals surface area contributed by atoms with Crippen LogP contribution in [-0.2, 0) is 0 Å². The van der Waals surface area contributed by atoms with Crippen molar-refractivity contribution >= 4 is 16.7 Å². The number of rotatable bonds is 4. The highest BCUT2D eigenvalue weighted by Crippen LogP contribution is 2.34. The zero-order valence-corrected chi connectivity index (χ0v) is 14.3. The first-order valence-electron chi connectivity index (χ1n) is 8.23. The van der Waals surface area contributed by atoms with Gasteiger partial charge in [0.1, 0.15) is 12.1 Å². The highest BCUT2D eigenvalue weighted by atomic mass is 19.3. The second-order valence-corrected chi connectivity index (χ2v) is 5.91. The summed E-state index contributed by atoms with van der Waals surface area (Å²) < 4.78 is 43.1. The summed E-state index contributed by atoms with van der Waals surface area (Å²) in [6, 6.07) is 12.8. The zero-order valence-electron chi connectivity index (χ0n) is 14.3. The molecular formula is C20H13F3N4O. The highest BCUT2D eigenvalue weighted by molar-refractivity contribution is 5.93. The first kappa shape index (κ1) is 17.7. The van der Waals surface area contributed by atoms with E-state index < -0.39 is 18.2 Å². The minimum Gasteiger partial charge on any atom is -0.432 e. The second-order valence-electron chi connectivity index (χ2n) is 5.91. The Hall–Kier alpha value is -3.68. The number of hydrogen-bond acceptors (Lipinski definition) is 5. The van der Waals surface area contributed by atoms with Crippen molar-refractivity contribution in [3.8, 4) is 28.1 Å². The molecule has 0 aliphatic heterocycles. The first-order chi connectivity index (χ1) is 13.5. The van der Waals surface area contributed by atoms with Crippen LogP contribution in [0.15, 0.2) is 61.1 Å². The molecule has 8 heteroatoms. The van der Waals surface area contributed by atoms with E-state index in [0.717, 1.165) is 11.6 Å².